The Morgan fingerprint density at radius 2 is 1.95 bits per heavy atom. The smallest absolute Gasteiger partial charge is 0.121 e. The van der Waals surface area contributed by atoms with Gasteiger partial charge in [-0.3, -0.25) is 0 Å². The molecule has 2 rings (SSSR count). The van der Waals surface area contributed by atoms with Crippen LogP contribution in [0.15, 0.2) is 24.3 Å². The molecule has 1 aliphatic heterocycles. The summed E-state index contributed by atoms with van der Waals surface area (Å²) in [5, 5.41) is 3.37. The highest BCUT2D eigenvalue weighted by Gasteiger charge is 2.10. The van der Waals surface area contributed by atoms with E-state index in [1.165, 1.54) is 5.69 Å². The molecule has 1 N–H and O–H groups in total. The third-order valence-electron chi connectivity index (χ3n) is 3.64. The lowest BCUT2D eigenvalue weighted by atomic mass is 10.1. The van der Waals surface area contributed by atoms with E-state index in [2.05, 4.69) is 42.3 Å². The molecule has 4 nitrogen and oxygen atoms in total. The average molecular weight is 292 g/mol. The Morgan fingerprint density at radius 1 is 1.14 bits per heavy atom. The van der Waals surface area contributed by atoms with E-state index in [0.717, 1.165) is 45.0 Å². The molecule has 1 aromatic rings. The van der Waals surface area contributed by atoms with Crippen LogP contribution in [0.4, 0.5) is 5.69 Å². The molecule has 1 saturated heterocycles. The predicted octanol–water partition coefficient (Wildman–Crippen LogP) is 2.54. The standard InChI is InChI=1S/C17H28N2O2/c1-15(2)6-11-20-12-13-21-17-5-3-4-16(14-17)19-9-7-18-8-10-19/h3-5,14-15,18H,6-13H2,1-2H3. The van der Waals surface area contributed by atoms with Crippen LogP contribution in [0.1, 0.15) is 20.3 Å². The molecular formula is C17H28N2O2. The molecule has 0 spiro atoms. The van der Waals surface area contributed by atoms with Crippen LogP contribution in [-0.2, 0) is 4.74 Å². The van der Waals surface area contributed by atoms with Crippen molar-refractivity contribution in [2.45, 2.75) is 20.3 Å². The van der Waals surface area contributed by atoms with E-state index in [1.807, 2.05) is 6.07 Å². The van der Waals surface area contributed by atoms with Gasteiger partial charge in [-0.25, -0.2) is 0 Å². The maximum absolute atomic E-state index is 5.78. The number of hydrogen-bond acceptors (Lipinski definition) is 4. The lowest BCUT2D eigenvalue weighted by molar-refractivity contribution is 0.0926. The summed E-state index contributed by atoms with van der Waals surface area (Å²) in [6, 6.07) is 8.35. The summed E-state index contributed by atoms with van der Waals surface area (Å²) >= 11 is 0. The third-order valence-corrected chi connectivity index (χ3v) is 3.64. The van der Waals surface area contributed by atoms with Crippen LogP contribution in [0.3, 0.4) is 0 Å². The van der Waals surface area contributed by atoms with Crippen molar-refractivity contribution >= 4 is 5.69 Å². The van der Waals surface area contributed by atoms with Gasteiger partial charge in [-0.15, -0.1) is 0 Å². The zero-order valence-corrected chi connectivity index (χ0v) is 13.3. The van der Waals surface area contributed by atoms with Crippen LogP contribution < -0.4 is 15.0 Å². The molecule has 21 heavy (non-hydrogen) atoms. The predicted molar refractivity (Wildman–Crippen MR) is 87.3 cm³/mol. The molecular weight excluding hydrogens is 264 g/mol. The van der Waals surface area contributed by atoms with Crippen LogP contribution >= 0.6 is 0 Å². The van der Waals surface area contributed by atoms with Gasteiger partial charge in [0, 0.05) is 44.5 Å². The summed E-state index contributed by atoms with van der Waals surface area (Å²) in [6.45, 7) is 10.7. The minimum atomic E-state index is 0.614. The van der Waals surface area contributed by atoms with E-state index in [4.69, 9.17) is 9.47 Å². The fourth-order valence-electron chi connectivity index (χ4n) is 2.33. The quantitative estimate of drug-likeness (QED) is 0.747. The highest BCUT2D eigenvalue weighted by Crippen LogP contribution is 2.21. The molecule has 4 heteroatoms. The molecule has 1 aliphatic rings. The van der Waals surface area contributed by atoms with E-state index < -0.39 is 0 Å². The highest BCUT2D eigenvalue weighted by atomic mass is 16.5. The van der Waals surface area contributed by atoms with Crippen molar-refractivity contribution in [2.24, 2.45) is 5.92 Å². The maximum atomic E-state index is 5.78. The lowest BCUT2D eigenvalue weighted by Gasteiger charge is -2.29. The number of anilines is 1. The first-order chi connectivity index (χ1) is 10.3. The Kier molecular flexibility index (Phi) is 6.83. The minimum Gasteiger partial charge on any atom is -0.491 e. The summed E-state index contributed by atoms with van der Waals surface area (Å²) < 4.78 is 11.3. The number of hydrogen-bond donors (Lipinski definition) is 1. The summed E-state index contributed by atoms with van der Waals surface area (Å²) in [4.78, 5) is 2.39. The van der Waals surface area contributed by atoms with E-state index in [-0.39, 0.29) is 0 Å². The molecule has 1 fully saturated rings. The maximum Gasteiger partial charge on any atom is 0.121 e. The second kappa shape index (κ2) is 8.90. The SMILES string of the molecule is CC(C)CCOCCOc1cccc(N2CCNCC2)c1. The molecule has 118 valence electrons. The first kappa shape index (κ1) is 16.1. The molecule has 0 saturated carbocycles. The van der Waals surface area contributed by atoms with Gasteiger partial charge in [0.05, 0.1) is 6.61 Å². The molecule has 0 amide bonds. The number of rotatable bonds is 8. The Morgan fingerprint density at radius 3 is 2.71 bits per heavy atom. The summed E-state index contributed by atoms with van der Waals surface area (Å²) in [7, 11) is 0. The van der Waals surface area contributed by atoms with E-state index >= 15 is 0 Å². The van der Waals surface area contributed by atoms with Gasteiger partial charge in [0.15, 0.2) is 0 Å². The van der Waals surface area contributed by atoms with E-state index in [0.29, 0.717) is 19.1 Å². The summed E-state index contributed by atoms with van der Waals surface area (Å²) in [5.41, 5.74) is 1.25. The first-order valence-corrected chi connectivity index (χ1v) is 8.02. The summed E-state index contributed by atoms with van der Waals surface area (Å²) in [6.07, 6.45) is 1.11. The molecule has 0 bridgehead atoms. The zero-order valence-electron chi connectivity index (χ0n) is 13.3. The number of nitrogens with zero attached hydrogens (tertiary/aromatic N) is 1. The molecule has 1 heterocycles. The van der Waals surface area contributed by atoms with Crippen LogP contribution in [0, 0.1) is 5.92 Å². The van der Waals surface area contributed by atoms with Gasteiger partial charge in [0.2, 0.25) is 0 Å². The number of piperazine rings is 1. The van der Waals surface area contributed by atoms with Gasteiger partial charge >= 0.3 is 0 Å². The highest BCUT2D eigenvalue weighted by molar-refractivity contribution is 5.51. The minimum absolute atomic E-state index is 0.614. The fourth-order valence-corrected chi connectivity index (χ4v) is 2.33. The first-order valence-electron chi connectivity index (χ1n) is 8.02. The Bertz CT molecular complexity index is 404. The molecule has 0 atom stereocenters. The van der Waals surface area contributed by atoms with Crippen molar-refractivity contribution in [3.05, 3.63) is 24.3 Å². The number of ether oxygens (including phenoxy) is 2. The van der Waals surface area contributed by atoms with Gasteiger partial charge in [-0.2, -0.15) is 0 Å². The monoisotopic (exact) mass is 292 g/mol. The van der Waals surface area contributed by atoms with Crippen molar-refractivity contribution in [3.8, 4) is 5.75 Å². The second-order valence-electron chi connectivity index (χ2n) is 5.88. The Balaban J connectivity index is 1.71. The van der Waals surface area contributed by atoms with Crippen molar-refractivity contribution in [3.63, 3.8) is 0 Å². The average Bonchev–Trinajstić information content (AvgIpc) is 2.52. The van der Waals surface area contributed by atoms with E-state index in [9.17, 15) is 0 Å². The van der Waals surface area contributed by atoms with Gasteiger partial charge in [0.25, 0.3) is 0 Å². The Hall–Kier alpha value is -1.26. The van der Waals surface area contributed by atoms with Crippen LogP contribution in [0.25, 0.3) is 0 Å². The molecule has 0 radical (unpaired) electrons. The molecule has 0 aromatic heterocycles. The van der Waals surface area contributed by atoms with Crippen molar-refractivity contribution < 1.29 is 9.47 Å². The molecule has 0 aliphatic carbocycles. The fraction of sp³-hybridized carbons (Fsp3) is 0.647. The number of benzene rings is 1. The largest absolute Gasteiger partial charge is 0.491 e. The van der Waals surface area contributed by atoms with Crippen molar-refractivity contribution in [1.82, 2.24) is 5.32 Å². The molecule has 0 unspecified atom stereocenters. The van der Waals surface area contributed by atoms with Gasteiger partial charge in [-0.1, -0.05) is 19.9 Å². The normalized spacial score (nSPS) is 15.5. The van der Waals surface area contributed by atoms with Crippen molar-refractivity contribution in [1.29, 1.82) is 0 Å². The third kappa shape index (κ3) is 5.94. The molecule has 1 aromatic carbocycles. The second-order valence-corrected chi connectivity index (χ2v) is 5.88. The van der Waals surface area contributed by atoms with Gasteiger partial charge in [-0.05, 0) is 24.5 Å². The van der Waals surface area contributed by atoms with Crippen molar-refractivity contribution in [2.75, 3.05) is 50.9 Å². The zero-order chi connectivity index (χ0) is 14.9. The van der Waals surface area contributed by atoms with E-state index in [1.54, 1.807) is 0 Å². The lowest BCUT2D eigenvalue weighted by Crippen LogP contribution is -2.43. The van der Waals surface area contributed by atoms with Crippen LogP contribution in [0.5, 0.6) is 5.75 Å². The topological polar surface area (TPSA) is 33.7 Å². The van der Waals surface area contributed by atoms with Crippen LogP contribution in [-0.4, -0.2) is 46.0 Å². The summed E-state index contributed by atoms with van der Waals surface area (Å²) in [5.74, 6) is 1.63. The number of nitrogens with one attached hydrogen (secondary N) is 1. The Labute approximate surface area is 128 Å². The van der Waals surface area contributed by atoms with Gasteiger partial charge < -0.3 is 19.7 Å². The van der Waals surface area contributed by atoms with Gasteiger partial charge in [0.1, 0.15) is 12.4 Å². The van der Waals surface area contributed by atoms with Crippen LogP contribution in [0.2, 0.25) is 0 Å².